The van der Waals surface area contributed by atoms with Gasteiger partial charge in [-0.3, -0.25) is 14.5 Å². The van der Waals surface area contributed by atoms with Gasteiger partial charge in [0.15, 0.2) is 0 Å². The van der Waals surface area contributed by atoms with Crippen LogP contribution in [0.4, 0.5) is 0 Å². The van der Waals surface area contributed by atoms with Gasteiger partial charge >= 0.3 is 0 Å². The maximum atomic E-state index is 14.0. The first-order chi connectivity index (χ1) is 21.6. The monoisotopic (exact) mass is 597 g/mol. The minimum atomic E-state index is -0.917. The molecule has 1 aliphatic rings. The summed E-state index contributed by atoms with van der Waals surface area (Å²) in [7, 11) is 0. The highest BCUT2D eigenvalue weighted by molar-refractivity contribution is 7.99. The van der Waals surface area contributed by atoms with Crippen molar-refractivity contribution >= 4 is 23.6 Å². The molecule has 220 valence electrons. The molecule has 2 amide bonds. The summed E-state index contributed by atoms with van der Waals surface area (Å²) >= 11 is 1.65. The van der Waals surface area contributed by atoms with E-state index in [1.54, 1.807) is 11.8 Å². The van der Waals surface area contributed by atoms with Gasteiger partial charge in [0.2, 0.25) is 11.8 Å². The maximum absolute atomic E-state index is 14.0. The van der Waals surface area contributed by atoms with Crippen molar-refractivity contribution in [2.45, 2.75) is 41.1 Å². The van der Waals surface area contributed by atoms with Crippen LogP contribution in [-0.2, 0) is 19.9 Å². The molecule has 0 aliphatic carbocycles. The van der Waals surface area contributed by atoms with Gasteiger partial charge in [-0.05, 0) is 40.8 Å². The van der Waals surface area contributed by atoms with Crippen molar-refractivity contribution in [2.75, 3.05) is 6.61 Å². The van der Waals surface area contributed by atoms with Crippen molar-refractivity contribution < 1.29 is 14.3 Å². The third kappa shape index (κ3) is 6.40. The molecule has 0 spiro atoms. The van der Waals surface area contributed by atoms with Crippen LogP contribution >= 0.6 is 11.8 Å². The summed E-state index contributed by atoms with van der Waals surface area (Å²) in [6, 6.07) is 50.4. The van der Waals surface area contributed by atoms with E-state index in [2.05, 4.69) is 48.5 Å². The molecule has 4 nitrogen and oxygen atoms in total. The van der Waals surface area contributed by atoms with Gasteiger partial charge in [0, 0.05) is 23.0 Å². The van der Waals surface area contributed by atoms with Crippen molar-refractivity contribution in [1.82, 2.24) is 4.90 Å². The molecule has 0 N–H and O–H groups in total. The van der Waals surface area contributed by atoms with Gasteiger partial charge in [-0.1, -0.05) is 140 Å². The van der Waals surface area contributed by atoms with Gasteiger partial charge in [0.05, 0.1) is 12.6 Å². The summed E-state index contributed by atoms with van der Waals surface area (Å²) in [5.74, 6) is -0.298. The van der Waals surface area contributed by atoms with Crippen LogP contribution in [0.15, 0.2) is 157 Å². The quantitative estimate of drug-likeness (QED) is 0.113. The molecule has 44 heavy (non-hydrogen) atoms. The second-order valence-corrected chi connectivity index (χ2v) is 12.3. The van der Waals surface area contributed by atoms with Gasteiger partial charge in [-0.25, -0.2) is 0 Å². The van der Waals surface area contributed by atoms with Crippen molar-refractivity contribution in [3.8, 4) is 0 Å². The molecule has 1 heterocycles. The Morgan fingerprint density at radius 3 is 1.66 bits per heavy atom. The van der Waals surface area contributed by atoms with Gasteiger partial charge in [-0.2, -0.15) is 0 Å². The summed E-state index contributed by atoms with van der Waals surface area (Å²) < 4.78 is 7.03. The summed E-state index contributed by atoms with van der Waals surface area (Å²) in [5.41, 5.74) is 3.11. The molecule has 1 aliphatic heterocycles. The Morgan fingerprint density at radius 1 is 0.705 bits per heavy atom. The summed E-state index contributed by atoms with van der Waals surface area (Å²) in [6.45, 7) is 0.220. The van der Waals surface area contributed by atoms with E-state index in [-0.39, 0.29) is 36.1 Å². The van der Waals surface area contributed by atoms with Crippen LogP contribution in [0.2, 0.25) is 0 Å². The van der Waals surface area contributed by atoms with E-state index >= 15 is 0 Å². The first-order valence-electron chi connectivity index (χ1n) is 15.1. The Hall–Kier alpha value is -4.45. The maximum Gasteiger partial charge on any atom is 0.230 e. The molecule has 5 aromatic rings. The van der Waals surface area contributed by atoms with Crippen LogP contribution in [0.3, 0.4) is 0 Å². The molecule has 2 atom stereocenters. The molecule has 0 saturated carbocycles. The Balaban J connectivity index is 1.30. The Labute approximate surface area is 263 Å². The molecule has 1 fully saturated rings. The summed E-state index contributed by atoms with van der Waals surface area (Å²) in [4.78, 5) is 29.9. The lowest BCUT2D eigenvalue weighted by atomic mass is 9.80. The first-order valence-corrected chi connectivity index (χ1v) is 15.9. The molecule has 0 bridgehead atoms. The number of likely N-dealkylation sites (tertiary alicyclic amines) is 1. The third-order valence-corrected chi connectivity index (χ3v) is 9.45. The van der Waals surface area contributed by atoms with Crippen molar-refractivity contribution in [3.63, 3.8) is 0 Å². The lowest BCUT2D eigenvalue weighted by Gasteiger charge is -2.37. The molecular weight excluding hydrogens is 563 g/mol. The fraction of sp³-hybridized carbons (Fsp3) is 0.179. The number of amides is 2. The minimum Gasteiger partial charge on any atom is -0.359 e. The van der Waals surface area contributed by atoms with E-state index < -0.39 is 5.60 Å². The molecular formula is C39H35NO3S. The molecule has 1 saturated heterocycles. The highest BCUT2D eigenvalue weighted by Gasteiger charge is 2.42. The number of hydrogen-bond donors (Lipinski definition) is 0. The highest BCUT2D eigenvalue weighted by atomic mass is 32.2. The lowest BCUT2D eigenvalue weighted by Crippen LogP contribution is -2.44. The molecule has 0 radical (unpaired) electrons. The molecule has 6 rings (SSSR count). The second-order valence-electron chi connectivity index (χ2n) is 11.0. The lowest BCUT2D eigenvalue weighted by molar-refractivity contribution is -0.146. The van der Waals surface area contributed by atoms with E-state index in [4.69, 9.17) is 4.74 Å². The number of benzene rings is 5. The fourth-order valence-electron chi connectivity index (χ4n) is 6.05. The number of carbonyl (C=O) groups is 2. The van der Waals surface area contributed by atoms with E-state index in [0.717, 1.165) is 27.1 Å². The first kappa shape index (κ1) is 29.6. The van der Waals surface area contributed by atoms with Gasteiger partial charge in [-0.15, -0.1) is 11.8 Å². The molecule has 5 heteroatoms. The molecule has 0 aromatic heterocycles. The number of hydrogen-bond acceptors (Lipinski definition) is 4. The number of imide groups is 1. The number of carbonyl (C=O) groups excluding carboxylic acids is 2. The summed E-state index contributed by atoms with van der Waals surface area (Å²) in [5, 5.41) is -0.127. The minimum absolute atomic E-state index is 0.127. The zero-order valence-electron chi connectivity index (χ0n) is 24.5. The van der Waals surface area contributed by atoms with Crippen molar-refractivity contribution in [3.05, 3.63) is 174 Å². The Kier molecular flexibility index (Phi) is 9.35. The van der Waals surface area contributed by atoms with Crippen molar-refractivity contribution in [1.29, 1.82) is 0 Å². The van der Waals surface area contributed by atoms with Gasteiger partial charge in [0.1, 0.15) is 5.60 Å². The zero-order valence-corrected chi connectivity index (χ0v) is 25.3. The van der Waals surface area contributed by atoms with Crippen LogP contribution in [-0.4, -0.2) is 29.4 Å². The predicted molar refractivity (Wildman–Crippen MR) is 176 cm³/mol. The van der Waals surface area contributed by atoms with Crippen molar-refractivity contribution in [2.24, 2.45) is 0 Å². The topological polar surface area (TPSA) is 46.6 Å². The largest absolute Gasteiger partial charge is 0.359 e. The smallest absolute Gasteiger partial charge is 0.230 e. The van der Waals surface area contributed by atoms with Crippen LogP contribution in [0.5, 0.6) is 0 Å². The van der Waals surface area contributed by atoms with E-state index in [9.17, 15) is 9.59 Å². The Morgan fingerprint density at radius 2 is 1.16 bits per heavy atom. The standard InChI is InChI=1S/C39H35NO3S/c41-37-27-26-34(40(37)38(42)28-36(30-16-6-1-7-17-30)44-35-24-14-5-15-25-35)29-43-39(31-18-8-2-9-19-31,32-20-10-3-11-21-32)33-22-12-4-13-23-33/h1-25,34,36H,26-29H2/t34-,36-/m0/s1. The zero-order chi connectivity index (χ0) is 30.2. The van der Waals surface area contributed by atoms with Crippen LogP contribution < -0.4 is 0 Å². The Bertz CT molecular complexity index is 1550. The molecule has 0 unspecified atom stereocenters. The van der Waals surface area contributed by atoms with Crippen LogP contribution in [0.25, 0.3) is 0 Å². The third-order valence-electron chi connectivity index (χ3n) is 8.18. The SMILES string of the molecule is O=C1CC[C@@H](COC(c2ccccc2)(c2ccccc2)c2ccccc2)N1C(=O)C[C@H](Sc1ccccc1)c1ccccc1. The molecule has 5 aromatic carbocycles. The number of rotatable bonds is 11. The summed E-state index contributed by atoms with van der Waals surface area (Å²) in [6.07, 6.45) is 1.12. The predicted octanol–water partition coefficient (Wildman–Crippen LogP) is 8.44. The van der Waals surface area contributed by atoms with E-state index in [0.29, 0.717) is 12.8 Å². The van der Waals surface area contributed by atoms with Gasteiger partial charge in [0.25, 0.3) is 0 Å². The van der Waals surface area contributed by atoms with E-state index in [1.807, 2.05) is 103 Å². The average Bonchev–Trinajstić information content (AvgIpc) is 3.47. The fourth-order valence-corrected chi connectivity index (χ4v) is 7.21. The van der Waals surface area contributed by atoms with Gasteiger partial charge < -0.3 is 4.74 Å². The number of nitrogens with zero attached hydrogens (tertiary/aromatic N) is 1. The number of ether oxygens (including phenoxy) is 1. The van der Waals surface area contributed by atoms with Crippen LogP contribution in [0, 0.1) is 0 Å². The number of thioether (sulfide) groups is 1. The normalized spacial score (nSPS) is 15.7. The van der Waals surface area contributed by atoms with Crippen LogP contribution in [0.1, 0.15) is 46.8 Å². The highest BCUT2D eigenvalue weighted by Crippen LogP contribution is 2.42. The average molecular weight is 598 g/mol. The van der Waals surface area contributed by atoms with E-state index in [1.165, 1.54) is 4.90 Å². The second kappa shape index (κ2) is 13.9.